The molecule has 2 aromatic carbocycles. The lowest BCUT2D eigenvalue weighted by molar-refractivity contribution is 0.0739. The zero-order valence-electron chi connectivity index (χ0n) is 16.9. The van der Waals surface area contributed by atoms with Crippen LogP contribution in [-0.2, 0) is 0 Å². The summed E-state index contributed by atoms with van der Waals surface area (Å²) < 4.78 is 0. The van der Waals surface area contributed by atoms with Gasteiger partial charge in [0.15, 0.2) is 5.69 Å². The molecule has 0 bridgehead atoms. The third kappa shape index (κ3) is 3.85. The van der Waals surface area contributed by atoms with Crippen LogP contribution >= 0.6 is 11.6 Å². The average molecular weight is 410 g/mol. The number of anilines is 1. The summed E-state index contributed by atoms with van der Waals surface area (Å²) in [6.07, 6.45) is 0. The van der Waals surface area contributed by atoms with Gasteiger partial charge >= 0.3 is 0 Å². The fourth-order valence-electron chi connectivity index (χ4n) is 3.72. The molecular formula is C22H24ClN5O. The monoisotopic (exact) mass is 409 g/mol. The van der Waals surface area contributed by atoms with E-state index in [2.05, 4.69) is 28.1 Å². The van der Waals surface area contributed by atoms with Gasteiger partial charge in [0.2, 0.25) is 0 Å². The van der Waals surface area contributed by atoms with Crippen molar-refractivity contribution in [2.75, 3.05) is 31.1 Å². The van der Waals surface area contributed by atoms with Crippen molar-refractivity contribution in [2.24, 2.45) is 0 Å². The topological polar surface area (TPSA) is 54.3 Å². The number of benzene rings is 2. The highest BCUT2D eigenvalue weighted by molar-refractivity contribution is 6.33. The Hall–Kier alpha value is -2.86. The lowest BCUT2D eigenvalue weighted by Gasteiger charge is -2.36. The van der Waals surface area contributed by atoms with Crippen LogP contribution in [-0.4, -0.2) is 52.0 Å². The van der Waals surface area contributed by atoms with Gasteiger partial charge in [0.25, 0.3) is 5.91 Å². The molecule has 4 rings (SSSR count). The van der Waals surface area contributed by atoms with Gasteiger partial charge in [-0.05, 0) is 44.5 Å². The van der Waals surface area contributed by atoms with E-state index < -0.39 is 0 Å². The van der Waals surface area contributed by atoms with Gasteiger partial charge in [-0.15, -0.1) is 5.10 Å². The molecule has 0 saturated carbocycles. The summed E-state index contributed by atoms with van der Waals surface area (Å²) in [5.74, 6) is -0.0719. The van der Waals surface area contributed by atoms with Gasteiger partial charge in [-0.25, -0.2) is 0 Å². The van der Waals surface area contributed by atoms with Gasteiger partial charge in [0.05, 0.1) is 22.1 Å². The first-order valence-corrected chi connectivity index (χ1v) is 10.1. The van der Waals surface area contributed by atoms with Crippen LogP contribution in [0.25, 0.3) is 5.69 Å². The van der Waals surface area contributed by atoms with Gasteiger partial charge in [-0.3, -0.25) is 4.79 Å². The Morgan fingerprint density at radius 3 is 2.34 bits per heavy atom. The standard InChI is InChI=1S/C22H24ClN5O/c1-15-8-9-19(16(2)14-15)28-24-17(3)21(25-28)22(29)27-12-10-26(11-13-27)20-7-5-4-6-18(20)23/h4-9,14H,10-13H2,1-3H3. The van der Waals surface area contributed by atoms with E-state index in [0.29, 0.717) is 24.5 Å². The first-order valence-electron chi connectivity index (χ1n) is 9.74. The van der Waals surface area contributed by atoms with Crippen molar-refractivity contribution in [1.29, 1.82) is 0 Å². The Bertz CT molecular complexity index is 1050. The van der Waals surface area contributed by atoms with Crippen LogP contribution in [0.4, 0.5) is 5.69 Å². The summed E-state index contributed by atoms with van der Waals surface area (Å²) in [6, 6.07) is 13.9. The number of carbonyl (C=O) groups is 1. The Kier molecular flexibility index (Phi) is 5.28. The highest BCUT2D eigenvalue weighted by atomic mass is 35.5. The molecule has 0 aliphatic carbocycles. The molecule has 0 unspecified atom stereocenters. The van der Waals surface area contributed by atoms with Crippen LogP contribution in [0.3, 0.4) is 0 Å². The van der Waals surface area contributed by atoms with Crippen molar-refractivity contribution >= 4 is 23.2 Å². The quantitative estimate of drug-likeness (QED) is 0.660. The highest BCUT2D eigenvalue weighted by Gasteiger charge is 2.27. The zero-order chi connectivity index (χ0) is 20.5. The third-order valence-electron chi connectivity index (χ3n) is 5.31. The van der Waals surface area contributed by atoms with Crippen LogP contribution in [0.15, 0.2) is 42.5 Å². The van der Waals surface area contributed by atoms with Crippen LogP contribution < -0.4 is 4.90 Å². The van der Waals surface area contributed by atoms with Crippen molar-refractivity contribution in [2.45, 2.75) is 20.8 Å². The second kappa shape index (κ2) is 7.87. The summed E-state index contributed by atoms with van der Waals surface area (Å²) in [4.78, 5) is 18.7. The van der Waals surface area contributed by atoms with E-state index in [1.807, 2.05) is 55.1 Å². The molecule has 0 radical (unpaired) electrons. The largest absolute Gasteiger partial charge is 0.367 e. The minimum Gasteiger partial charge on any atom is -0.367 e. The molecule has 6 nitrogen and oxygen atoms in total. The van der Waals surface area contributed by atoms with Gasteiger partial charge in [-0.1, -0.05) is 41.4 Å². The molecule has 2 heterocycles. The number of aromatic nitrogens is 3. The van der Waals surface area contributed by atoms with Gasteiger partial charge < -0.3 is 9.80 Å². The Morgan fingerprint density at radius 1 is 0.931 bits per heavy atom. The lowest BCUT2D eigenvalue weighted by Crippen LogP contribution is -2.49. The summed E-state index contributed by atoms with van der Waals surface area (Å²) in [5, 5.41) is 9.74. The van der Waals surface area contributed by atoms with Crippen molar-refractivity contribution < 1.29 is 4.79 Å². The first kappa shape index (κ1) is 19.5. The van der Waals surface area contributed by atoms with Gasteiger partial charge in [0, 0.05) is 26.2 Å². The fraction of sp³-hybridized carbons (Fsp3) is 0.318. The number of piperazine rings is 1. The Labute approximate surface area is 175 Å². The Morgan fingerprint density at radius 2 is 1.66 bits per heavy atom. The number of halogens is 1. The maximum Gasteiger partial charge on any atom is 0.276 e. The maximum absolute atomic E-state index is 13.1. The van der Waals surface area contributed by atoms with E-state index in [1.165, 1.54) is 5.56 Å². The molecule has 1 saturated heterocycles. The van der Waals surface area contributed by atoms with Crippen LogP contribution in [0.1, 0.15) is 27.3 Å². The molecule has 0 N–H and O–H groups in total. The minimum absolute atomic E-state index is 0.0719. The van der Waals surface area contributed by atoms with E-state index in [1.54, 1.807) is 4.80 Å². The molecule has 7 heteroatoms. The summed E-state index contributed by atoms with van der Waals surface area (Å²) in [5.41, 5.74) is 5.22. The molecule has 150 valence electrons. The number of para-hydroxylation sites is 1. The van der Waals surface area contributed by atoms with Crippen LogP contribution in [0.2, 0.25) is 5.02 Å². The second-order valence-electron chi connectivity index (χ2n) is 7.44. The van der Waals surface area contributed by atoms with E-state index in [-0.39, 0.29) is 5.91 Å². The molecule has 0 spiro atoms. The molecule has 29 heavy (non-hydrogen) atoms. The van der Waals surface area contributed by atoms with Crippen molar-refractivity contribution in [3.8, 4) is 5.69 Å². The molecule has 1 aromatic heterocycles. The molecule has 3 aromatic rings. The summed E-state index contributed by atoms with van der Waals surface area (Å²) in [6.45, 7) is 8.63. The predicted molar refractivity (Wildman–Crippen MR) is 115 cm³/mol. The lowest BCUT2D eigenvalue weighted by atomic mass is 10.1. The summed E-state index contributed by atoms with van der Waals surface area (Å²) >= 11 is 6.31. The molecular weight excluding hydrogens is 386 g/mol. The number of hydrogen-bond donors (Lipinski definition) is 0. The smallest absolute Gasteiger partial charge is 0.276 e. The number of rotatable bonds is 3. The van der Waals surface area contributed by atoms with Crippen LogP contribution in [0.5, 0.6) is 0 Å². The third-order valence-corrected chi connectivity index (χ3v) is 5.63. The second-order valence-corrected chi connectivity index (χ2v) is 7.85. The molecule has 0 atom stereocenters. The van der Waals surface area contributed by atoms with E-state index in [4.69, 9.17) is 11.6 Å². The minimum atomic E-state index is -0.0719. The number of hydrogen-bond acceptors (Lipinski definition) is 4. The number of carbonyl (C=O) groups excluding carboxylic acids is 1. The number of nitrogens with zero attached hydrogens (tertiary/aromatic N) is 5. The fourth-order valence-corrected chi connectivity index (χ4v) is 3.98. The van der Waals surface area contributed by atoms with Crippen molar-refractivity contribution in [3.05, 3.63) is 70.0 Å². The predicted octanol–water partition coefficient (Wildman–Crippen LogP) is 3.81. The van der Waals surface area contributed by atoms with Crippen LogP contribution in [0, 0.1) is 20.8 Å². The zero-order valence-corrected chi connectivity index (χ0v) is 17.6. The van der Waals surface area contributed by atoms with E-state index in [0.717, 1.165) is 35.1 Å². The average Bonchev–Trinajstić information content (AvgIpc) is 3.09. The van der Waals surface area contributed by atoms with E-state index >= 15 is 0 Å². The normalized spacial score (nSPS) is 14.3. The van der Waals surface area contributed by atoms with E-state index in [9.17, 15) is 4.79 Å². The van der Waals surface area contributed by atoms with Crippen molar-refractivity contribution in [3.63, 3.8) is 0 Å². The Balaban J connectivity index is 1.50. The maximum atomic E-state index is 13.1. The number of aryl methyl sites for hydroxylation is 3. The van der Waals surface area contributed by atoms with Gasteiger partial charge in [0.1, 0.15) is 0 Å². The SMILES string of the molecule is Cc1ccc(-n2nc(C)c(C(=O)N3CCN(c4ccccc4Cl)CC3)n2)c(C)c1. The molecule has 1 aliphatic rings. The molecule has 1 amide bonds. The molecule has 1 fully saturated rings. The molecule has 1 aliphatic heterocycles. The number of amides is 1. The summed E-state index contributed by atoms with van der Waals surface area (Å²) in [7, 11) is 0. The highest BCUT2D eigenvalue weighted by Crippen LogP contribution is 2.26. The van der Waals surface area contributed by atoms with Gasteiger partial charge in [-0.2, -0.15) is 9.90 Å². The van der Waals surface area contributed by atoms with Crippen molar-refractivity contribution in [1.82, 2.24) is 19.9 Å². The first-order chi connectivity index (χ1) is 13.9.